The lowest BCUT2D eigenvalue weighted by Crippen LogP contribution is -2.42. The lowest BCUT2D eigenvalue weighted by molar-refractivity contribution is -0.143. The van der Waals surface area contributed by atoms with Gasteiger partial charge in [-0.15, -0.1) is 0 Å². The van der Waals surface area contributed by atoms with Gasteiger partial charge in [-0.1, -0.05) is 48.0 Å². The molecule has 0 bridgehead atoms. The summed E-state index contributed by atoms with van der Waals surface area (Å²) in [5.74, 6) is -1.84. The summed E-state index contributed by atoms with van der Waals surface area (Å²) in [5.41, 5.74) is 3.38. The van der Waals surface area contributed by atoms with Crippen molar-refractivity contribution in [3.05, 3.63) is 81.7 Å². The van der Waals surface area contributed by atoms with E-state index in [0.29, 0.717) is 23.3 Å². The van der Waals surface area contributed by atoms with E-state index in [-0.39, 0.29) is 34.3 Å². The average molecular weight is 482 g/mol. The summed E-state index contributed by atoms with van der Waals surface area (Å²) >= 11 is 6.30. The van der Waals surface area contributed by atoms with Crippen molar-refractivity contribution in [3.8, 4) is 11.5 Å². The largest absolute Gasteiger partial charge is 0.503 e. The predicted molar refractivity (Wildman–Crippen MR) is 130 cm³/mol. The number of rotatable bonds is 5. The van der Waals surface area contributed by atoms with E-state index in [1.54, 1.807) is 32.9 Å². The summed E-state index contributed by atoms with van der Waals surface area (Å²) < 4.78 is 10.8. The molecule has 2 N–H and O–H groups in total. The van der Waals surface area contributed by atoms with Crippen molar-refractivity contribution in [1.82, 2.24) is 5.32 Å². The van der Waals surface area contributed by atoms with Crippen LogP contribution in [0.1, 0.15) is 50.2 Å². The molecule has 7 heteroatoms. The summed E-state index contributed by atoms with van der Waals surface area (Å²) in [7, 11) is 1.42. The first-order valence-corrected chi connectivity index (χ1v) is 11.6. The molecule has 178 valence electrons. The topological polar surface area (TPSA) is 84.9 Å². The Morgan fingerprint density at radius 1 is 1.15 bits per heavy atom. The van der Waals surface area contributed by atoms with Crippen molar-refractivity contribution >= 4 is 23.4 Å². The Labute approximate surface area is 204 Å². The highest BCUT2D eigenvalue weighted by Crippen LogP contribution is 2.48. The van der Waals surface area contributed by atoms with Gasteiger partial charge in [0.05, 0.1) is 29.7 Å². The zero-order chi connectivity index (χ0) is 24.6. The number of allylic oxidation sites excluding steroid dienone is 3. The number of hydrogen-bond donors (Lipinski definition) is 2. The molecule has 1 aliphatic carbocycles. The third kappa shape index (κ3) is 4.42. The van der Waals surface area contributed by atoms with Crippen molar-refractivity contribution in [2.24, 2.45) is 5.92 Å². The van der Waals surface area contributed by atoms with E-state index in [1.807, 2.05) is 30.3 Å². The lowest BCUT2D eigenvalue weighted by Gasteiger charge is -2.39. The number of hydrogen-bond acceptors (Lipinski definition) is 6. The quantitative estimate of drug-likeness (QED) is 0.569. The summed E-state index contributed by atoms with van der Waals surface area (Å²) in [6.07, 6.45) is 2.06. The molecule has 0 radical (unpaired) electrons. The maximum Gasteiger partial charge on any atom is 0.336 e. The van der Waals surface area contributed by atoms with E-state index in [0.717, 1.165) is 11.3 Å². The van der Waals surface area contributed by atoms with Gasteiger partial charge in [-0.2, -0.15) is 0 Å². The van der Waals surface area contributed by atoms with Gasteiger partial charge in [-0.25, -0.2) is 4.79 Å². The van der Waals surface area contributed by atoms with Gasteiger partial charge in [0.25, 0.3) is 0 Å². The highest BCUT2D eigenvalue weighted by Gasteiger charge is 2.45. The van der Waals surface area contributed by atoms with Gasteiger partial charge in [0.2, 0.25) is 0 Å². The molecule has 0 spiro atoms. The van der Waals surface area contributed by atoms with E-state index >= 15 is 0 Å². The normalized spacial score (nSPS) is 22.1. The number of carbonyl (C=O) groups excluding carboxylic acids is 2. The van der Waals surface area contributed by atoms with Crippen LogP contribution >= 0.6 is 11.6 Å². The Morgan fingerprint density at radius 3 is 2.50 bits per heavy atom. The summed E-state index contributed by atoms with van der Waals surface area (Å²) in [6.45, 7) is 5.36. The molecule has 34 heavy (non-hydrogen) atoms. The van der Waals surface area contributed by atoms with Crippen LogP contribution in [0.5, 0.6) is 11.5 Å². The van der Waals surface area contributed by atoms with Crippen LogP contribution in [0.4, 0.5) is 0 Å². The first kappa shape index (κ1) is 23.9. The number of Topliss-reactive ketones (excluding diaryl/α,β-unsaturated/α-hetero) is 1. The van der Waals surface area contributed by atoms with Crippen molar-refractivity contribution in [2.45, 2.75) is 45.1 Å². The van der Waals surface area contributed by atoms with Gasteiger partial charge < -0.3 is 19.9 Å². The summed E-state index contributed by atoms with van der Waals surface area (Å²) in [5, 5.41) is 13.7. The summed E-state index contributed by atoms with van der Waals surface area (Å²) in [6, 6.07) is 13.1. The van der Waals surface area contributed by atoms with Crippen LogP contribution in [0, 0.1) is 5.92 Å². The number of ether oxygens (including phenoxy) is 2. The number of nitrogens with one attached hydrogen (secondary N) is 1. The fraction of sp³-hybridized carbons (Fsp3) is 0.333. The summed E-state index contributed by atoms with van der Waals surface area (Å²) in [4.78, 5) is 26.8. The van der Waals surface area contributed by atoms with Gasteiger partial charge >= 0.3 is 5.97 Å². The van der Waals surface area contributed by atoms with Crippen LogP contribution in [0.15, 0.2) is 65.5 Å². The fourth-order valence-corrected chi connectivity index (χ4v) is 5.04. The molecule has 0 saturated heterocycles. The number of methoxy groups -OCH3 is 1. The molecule has 0 amide bonds. The second kappa shape index (κ2) is 9.55. The SMILES string of the molecule is COc1cc(C2C(C(=O)OC(C)C)=C(C)NC3=CC(c4ccccc4)CC(=O)C32)cc(Cl)c1O. The molecule has 2 aromatic carbocycles. The highest BCUT2D eigenvalue weighted by atomic mass is 35.5. The molecule has 3 atom stereocenters. The third-order valence-electron chi connectivity index (χ3n) is 6.28. The number of phenols is 1. The minimum Gasteiger partial charge on any atom is -0.503 e. The fourth-order valence-electron chi connectivity index (χ4n) is 4.83. The minimum absolute atomic E-state index is 0.00867. The molecule has 3 unspecified atom stereocenters. The monoisotopic (exact) mass is 481 g/mol. The Balaban J connectivity index is 1.88. The van der Waals surface area contributed by atoms with Crippen molar-refractivity contribution in [3.63, 3.8) is 0 Å². The standard InChI is InChI=1S/C27H28ClNO5/c1-14(2)34-27(32)23-15(3)29-20-11-17(16-8-6-5-7-9-16)12-21(30)25(20)24(23)18-10-19(28)26(31)22(13-18)33-4/h5-11,13-14,17,24-25,29,31H,12H2,1-4H3. The van der Waals surface area contributed by atoms with E-state index in [4.69, 9.17) is 21.1 Å². The van der Waals surface area contributed by atoms with E-state index in [1.165, 1.54) is 7.11 Å². The molecule has 1 heterocycles. The molecule has 0 aromatic heterocycles. The smallest absolute Gasteiger partial charge is 0.336 e. The molecule has 0 fully saturated rings. The van der Waals surface area contributed by atoms with E-state index in [2.05, 4.69) is 11.4 Å². The van der Waals surface area contributed by atoms with Crippen molar-refractivity contribution in [2.75, 3.05) is 7.11 Å². The number of halogens is 1. The first-order valence-electron chi connectivity index (χ1n) is 11.3. The number of benzene rings is 2. The molecule has 0 saturated carbocycles. The lowest BCUT2D eigenvalue weighted by atomic mass is 9.68. The minimum atomic E-state index is -0.644. The predicted octanol–water partition coefficient (Wildman–Crippen LogP) is 5.22. The molecule has 1 aliphatic heterocycles. The second-order valence-electron chi connectivity index (χ2n) is 8.94. The highest BCUT2D eigenvalue weighted by molar-refractivity contribution is 6.32. The van der Waals surface area contributed by atoms with Crippen molar-refractivity contribution < 1.29 is 24.2 Å². The van der Waals surface area contributed by atoms with Gasteiger partial charge in [-0.3, -0.25) is 4.79 Å². The molecule has 4 rings (SSSR count). The Bertz CT molecular complexity index is 1190. The number of esters is 1. The van der Waals surface area contributed by atoms with Crippen LogP contribution in [0.2, 0.25) is 5.02 Å². The molecular weight excluding hydrogens is 454 g/mol. The Hall–Kier alpha value is -3.25. The molecule has 2 aliphatic rings. The number of phenolic OH excluding ortho intramolecular Hbond substituents is 1. The van der Waals surface area contributed by atoms with Crippen LogP contribution < -0.4 is 10.1 Å². The van der Waals surface area contributed by atoms with Gasteiger partial charge in [0.1, 0.15) is 5.78 Å². The maximum atomic E-state index is 13.6. The number of ketones is 1. The van der Waals surface area contributed by atoms with Gasteiger partial charge in [0.15, 0.2) is 11.5 Å². The average Bonchev–Trinajstić information content (AvgIpc) is 2.79. The zero-order valence-electron chi connectivity index (χ0n) is 19.6. The third-order valence-corrected chi connectivity index (χ3v) is 6.57. The van der Waals surface area contributed by atoms with Crippen molar-refractivity contribution in [1.29, 1.82) is 0 Å². The zero-order valence-corrected chi connectivity index (χ0v) is 20.3. The van der Waals surface area contributed by atoms with Crippen LogP contribution in [0.3, 0.4) is 0 Å². The molecule has 6 nitrogen and oxygen atoms in total. The first-order chi connectivity index (χ1) is 16.2. The van der Waals surface area contributed by atoms with E-state index in [9.17, 15) is 14.7 Å². The Kier molecular flexibility index (Phi) is 6.71. The van der Waals surface area contributed by atoms with E-state index < -0.39 is 17.8 Å². The number of aromatic hydroxyl groups is 1. The maximum absolute atomic E-state index is 13.6. The van der Waals surface area contributed by atoms with Gasteiger partial charge in [0, 0.05) is 29.7 Å². The van der Waals surface area contributed by atoms with Gasteiger partial charge in [-0.05, 0) is 44.0 Å². The number of carbonyl (C=O) groups is 2. The molecule has 2 aromatic rings. The van der Waals surface area contributed by atoms with Crippen LogP contribution in [-0.2, 0) is 14.3 Å². The molecular formula is C27H28ClNO5. The second-order valence-corrected chi connectivity index (χ2v) is 9.34. The number of fused-ring (bicyclic) bond motifs is 1. The van der Waals surface area contributed by atoms with Crippen LogP contribution in [-0.4, -0.2) is 30.1 Å². The van der Waals surface area contributed by atoms with Crippen LogP contribution in [0.25, 0.3) is 0 Å². The Morgan fingerprint density at radius 2 is 1.85 bits per heavy atom.